The number of halogens is 2. The third kappa shape index (κ3) is 5.36. The second kappa shape index (κ2) is 10.2. The molecule has 0 radical (unpaired) electrons. The number of para-hydroxylation sites is 1. The van der Waals surface area contributed by atoms with Crippen LogP contribution in [0.5, 0.6) is 0 Å². The van der Waals surface area contributed by atoms with Crippen LogP contribution in [0.3, 0.4) is 0 Å². The summed E-state index contributed by atoms with van der Waals surface area (Å²) in [6, 6.07) is 14.8. The van der Waals surface area contributed by atoms with Gasteiger partial charge in [0.1, 0.15) is 29.1 Å². The number of nitrogens with zero attached hydrogens (tertiary/aromatic N) is 4. The van der Waals surface area contributed by atoms with Crippen molar-refractivity contribution >= 4 is 11.8 Å². The van der Waals surface area contributed by atoms with E-state index in [4.69, 9.17) is 5.73 Å². The number of guanidine groups is 1. The van der Waals surface area contributed by atoms with Crippen molar-refractivity contribution in [3.8, 4) is 11.8 Å². The molecule has 0 bridgehead atoms. The van der Waals surface area contributed by atoms with Gasteiger partial charge in [-0.25, -0.2) is 13.5 Å². The fraction of sp³-hybridized carbons (Fsp3) is 0.227. The number of aromatic nitrogens is 2. The predicted molar refractivity (Wildman–Crippen MR) is 116 cm³/mol. The first-order valence-electron chi connectivity index (χ1n) is 9.74. The minimum Gasteiger partial charge on any atom is -0.382 e. The van der Waals surface area contributed by atoms with E-state index in [1.165, 1.54) is 0 Å². The largest absolute Gasteiger partial charge is 0.382 e. The van der Waals surface area contributed by atoms with Gasteiger partial charge >= 0.3 is 0 Å². The van der Waals surface area contributed by atoms with Gasteiger partial charge in [0.15, 0.2) is 5.96 Å². The highest BCUT2D eigenvalue weighted by molar-refractivity contribution is 5.79. The number of anilines is 1. The summed E-state index contributed by atoms with van der Waals surface area (Å²) in [6.45, 7) is 0.633. The molecule has 0 fully saturated rings. The highest BCUT2D eigenvalue weighted by Crippen LogP contribution is 2.21. The Balaban J connectivity index is 1.55. The van der Waals surface area contributed by atoms with Gasteiger partial charge in [-0.15, -0.1) is 0 Å². The minimum atomic E-state index is -0.497. The van der Waals surface area contributed by atoms with Gasteiger partial charge in [0.2, 0.25) is 0 Å². The van der Waals surface area contributed by atoms with Crippen molar-refractivity contribution in [2.45, 2.75) is 19.4 Å². The summed E-state index contributed by atoms with van der Waals surface area (Å²) in [5, 5.41) is 20.0. The quantitative estimate of drug-likeness (QED) is 0.308. The summed E-state index contributed by atoms with van der Waals surface area (Å²) >= 11 is 0. The highest BCUT2D eigenvalue weighted by atomic mass is 19.1. The van der Waals surface area contributed by atoms with Crippen LogP contribution in [0.1, 0.15) is 23.2 Å². The predicted octanol–water partition coefficient (Wildman–Crippen LogP) is 2.90. The lowest BCUT2D eigenvalue weighted by Crippen LogP contribution is -2.37. The van der Waals surface area contributed by atoms with E-state index >= 15 is 0 Å². The molecule has 160 valence electrons. The first kappa shape index (κ1) is 21.8. The Hall–Kier alpha value is -3.93. The van der Waals surface area contributed by atoms with Crippen LogP contribution < -0.4 is 16.4 Å². The van der Waals surface area contributed by atoms with E-state index in [9.17, 15) is 14.0 Å². The van der Waals surface area contributed by atoms with Gasteiger partial charge in [-0.1, -0.05) is 18.2 Å². The molecule has 7 nitrogen and oxygen atoms in total. The molecule has 0 aliphatic heterocycles. The lowest BCUT2D eigenvalue weighted by molar-refractivity contribution is 0.581. The van der Waals surface area contributed by atoms with Crippen molar-refractivity contribution in [3.63, 3.8) is 0 Å². The van der Waals surface area contributed by atoms with Gasteiger partial charge in [-0.3, -0.25) is 4.99 Å². The van der Waals surface area contributed by atoms with Crippen molar-refractivity contribution in [1.82, 2.24) is 20.4 Å². The van der Waals surface area contributed by atoms with E-state index in [1.54, 1.807) is 11.7 Å². The van der Waals surface area contributed by atoms with Gasteiger partial charge in [0, 0.05) is 25.7 Å². The van der Waals surface area contributed by atoms with Crippen molar-refractivity contribution < 1.29 is 8.78 Å². The average Bonchev–Trinajstić information content (AvgIpc) is 3.11. The molecule has 0 aliphatic rings. The Morgan fingerprint density at radius 3 is 2.68 bits per heavy atom. The Morgan fingerprint density at radius 1 is 1.19 bits per heavy atom. The van der Waals surface area contributed by atoms with E-state index in [-0.39, 0.29) is 12.1 Å². The van der Waals surface area contributed by atoms with Gasteiger partial charge in [-0.2, -0.15) is 10.4 Å². The van der Waals surface area contributed by atoms with Crippen LogP contribution in [0.25, 0.3) is 5.69 Å². The maximum absolute atomic E-state index is 13.7. The molecular formula is C22H23F2N7. The van der Waals surface area contributed by atoms with Crippen molar-refractivity contribution in [1.29, 1.82) is 5.26 Å². The molecular weight excluding hydrogens is 400 g/mol. The normalized spacial score (nSPS) is 11.2. The number of nitriles is 1. The summed E-state index contributed by atoms with van der Waals surface area (Å²) in [4.78, 5) is 4.08. The molecule has 1 heterocycles. The standard InChI is InChI=1S/C22H23F2N7/c1-27-22(29-14-15-12-16(23)9-10-19(15)24)28-11-5-8-20-18(13-25)21(26)31(30-20)17-6-3-2-4-7-17/h2-4,6-7,9-10,12H,5,8,11,14,26H2,1H3,(H2,27,28,29). The monoisotopic (exact) mass is 423 g/mol. The molecule has 2 aromatic carbocycles. The van der Waals surface area contributed by atoms with Crippen LogP contribution in [-0.2, 0) is 13.0 Å². The lowest BCUT2D eigenvalue weighted by Gasteiger charge is -2.12. The third-order valence-electron chi connectivity index (χ3n) is 4.67. The molecule has 0 amide bonds. The van der Waals surface area contributed by atoms with Crippen molar-refractivity contribution in [2.24, 2.45) is 4.99 Å². The fourth-order valence-electron chi connectivity index (χ4n) is 3.08. The van der Waals surface area contributed by atoms with E-state index in [1.807, 2.05) is 30.3 Å². The van der Waals surface area contributed by atoms with Crippen LogP contribution in [0.2, 0.25) is 0 Å². The van der Waals surface area contributed by atoms with Crippen LogP contribution in [0, 0.1) is 23.0 Å². The second-order valence-electron chi connectivity index (χ2n) is 6.76. The van der Waals surface area contributed by atoms with Crippen LogP contribution in [0.15, 0.2) is 53.5 Å². The van der Waals surface area contributed by atoms with Crippen molar-refractivity contribution in [2.75, 3.05) is 19.3 Å². The maximum Gasteiger partial charge on any atom is 0.191 e. The zero-order chi connectivity index (χ0) is 22.2. The van der Waals surface area contributed by atoms with Crippen LogP contribution >= 0.6 is 0 Å². The number of nitrogen functional groups attached to an aromatic ring is 1. The number of aryl methyl sites for hydroxylation is 1. The zero-order valence-corrected chi connectivity index (χ0v) is 17.1. The Labute approximate surface area is 179 Å². The van der Waals surface area contributed by atoms with Gasteiger partial charge in [-0.05, 0) is 43.2 Å². The SMILES string of the molecule is CN=C(NCCCc1nn(-c2ccccc2)c(N)c1C#N)NCc1cc(F)ccc1F. The topological polar surface area (TPSA) is 104 Å². The summed E-state index contributed by atoms with van der Waals surface area (Å²) in [7, 11) is 1.59. The fourth-order valence-corrected chi connectivity index (χ4v) is 3.08. The molecule has 0 saturated heterocycles. The molecule has 0 unspecified atom stereocenters. The average molecular weight is 423 g/mol. The molecule has 0 aliphatic carbocycles. The minimum absolute atomic E-state index is 0.0971. The maximum atomic E-state index is 13.7. The molecule has 31 heavy (non-hydrogen) atoms. The van der Waals surface area contributed by atoms with Gasteiger partial charge in [0.25, 0.3) is 0 Å². The molecule has 9 heteroatoms. The number of benzene rings is 2. The summed E-state index contributed by atoms with van der Waals surface area (Å²) in [5.41, 5.74) is 8.10. The Bertz CT molecular complexity index is 1100. The van der Waals surface area contributed by atoms with Crippen molar-refractivity contribution in [3.05, 3.63) is 77.0 Å². The van der Waals surface area contributed by atoms with Crippen LogP contribution in [-0.4, -0.2) is 29.3 Å². The number of rotatable bonds is 7. The summed E-state index contributed by atoms with van der Waals surface area (Å²) in [6.07, 6.45) is 1.20. The van der Waals surface area contributed by atoms with Gasteiger partial charge < -0.3 is 16.4 Å². The smallest absolute Gasteiger partial charge is 0.191 e. The van der Waals surface area contributed by atoms with Gasteiger partial charge in [0.05, 0.1) is 11.4 Å². The van der Waals surface area contributed by atoms with E-state index in [0.29, 0.717) is 42.4 Å². The molecule has 0 saturated carbocycles. The first-order chi connectivity index (χ1) is 15.0. The van der Waals surface area contributed by atoms with E-state index in [2.05, 4.69) is 26.8 Å². The molecule has 0 atom stereocenters. The first-order valence-corrected chi connectivity index (χ1v) is 9.74. The summed E-state index contributed by atoms with van der Waals surface area (Å²) in [5.74, 6) is -0.214. The number of nitrogens with two attached hydrogens (primary N) is 1. The molecule has 4 N–H and O–H groups in total. The highest BCUT2D eigenvalue weighted by Gasteiger charge is 2.16. The molecule has 3 aromatic rings. The third-order valence-corrected chi connectivity index (χ3v) is 4.67. The number of hydrogen-bond acceptors (Lipinski definition) is 4. The van der Waals surface area contributed by atoms with E-state index < -0.39 is 11.6 Å². The number of aliphatic imine (C=N–C) groups is 1. The molecule has 0 spiro atoms. The Morgan fingerprint density at radius 2 is 1.97 bits per heavy atom. The number of hydrogen-bond donors (Lipinski definition) is 3. The Kier molecular flexibility index (Phi) is 7.17. The second-order valence-corrected chi connectivity index (χ2v) is 6.76. The molecule has 3 rings (SSSR count). The number of nitrogens with one attached hydrogen (secondary N) is 2. The van der Waals surface area contributed by atoms with Crippen LogP contribution in [0.4, 0.5) is 14.6 Å². The zero-order valence-electron chi connectivity index (χ0n) is 17.1. The lowest BCUT2D eigenvalue weighted by atomic mass is 10.1. The molecule has 1 aromatic heterocycles. The van der Waals surface area contributed by atoms with E-state index in [0.717, 1.165) is 23.9 Å². The summed E-state index contributed by atoms with van der Waals surface area (Å²) < 4.78 is 28.6.